The molecule has 8 nitrogen and oxygen atoms in total. The van der Waals surface area contributed by atoms with E-state index in [0.29, 0.717) is 12.6 Å². The molecule has 14 heteroatoms. The van der Waals surface area contributed by atoms with Crippen LogP contribution in [0.2, 0.25) is 0 Å². The number of carboxylic acids is 1. The zero-order chi connectivity index (χ0) is 29.1. The molecule has 2 aromatic heterocycles. The van der Waals surface area contributed by atoms with Gasteiger partial charge in [-0.25, -0.2) is 22.8 Å². The predicted octanol–water partition coefficient (Wildman–Crippen LogP) is 4.79. The van der Waals surface area contributed by atoms with Gasteiger partial charge in [0.05, 0.1) is 24.2 Å². The average Bonchev–Trinajstić information content (AvgIpc) is 3.31. The Labute approximate surface area is 224 Å². The number of carbonyl (C=O) groups is 2. The number of aliphatic carboxylic acids is 1. The van der Waals surface area contributed by atoms with E-state index in [1.807, 2.05) is 0 Å². The molecule has 2 N–H and O–H groups in total. The Kier molecular flexibility index (Phi) is 8.47. The molecule has 0 bridgehead atoms. The first kappa shape index (κ1) is 29.1. The molecule has 1 saturated heterocycles. The van der Waals surface area contributed by atoms with E-state index in [-0.39, 0.29) is 31.6 Å². The molecule has 40 heavy (non-hydrogen) atoms. The van der Waals surface area contributed by atoms with Crippen molar-refractivity contribution in [1.29, 1.82) is 0 Å². The number of rotatable bonds is 9. The quantitative estimate of drug-likeness (QED) is 0.360. The first-order valence-corrected chi connectivity index (χ1v) is 12.3. The summed E-state index contributed by atoms with van der Waals surface area (Å²) in [6, 6.07) is 6.86. The number of nitrogens with zero attached hydrogens (tertiary/aromatic N) is 4. The van der Waals surface area contributed by atoms with Crippen LogP contribution in [0, 0.1) is 5.82 Å². The van der Waals surface area contributed by atoms with Gasteiger partial charge in [-0.05, 0) is 49.7 Å². The molecule has 3 heterocycles. The number of halogens is 6. The van der Waals surface area contributed by atoms with Crippen LogP contribution < -0.4 is 5.32 Å². The van der Waals surface area contributed by atoms with E-state index in [1.165, 1.54) is 23.2 Å². The van der Waals surface area contributed by atoms with E-state index in [9.17, 15) is 41.0 Å². The summed E-state index contributed by atoms with van der Waals surface area (Å²) in [4.78, 5) is 30.1. The topological polar surface area (TPSA) is 100 Å². The molecule has 1 fully saturated rings. The van der Waals surface area contributed by atoms with Gasteiger partial charge >= 0.3 is 12.1 Å². The molecule has 214 valence electrons. The highest BCUT2D eigenvalue weighted by atomic mass is 19.4. The van der Waals surface area contributed by atoms with Gasteiger partial charge in [-0.2, -0.15) is 18.3 Å². The number of aromatic nitrogens is 3. The summed E-state index contributed by atoms with van der Waals surface area (Å²) in [5.74, 6) is -6.26. The fourth-order valence-electron chi connectivity index (χ4n) is 4.62. The molecule has 1 aliphatic rings. The van der Waals surface area contributed by atoms with Gasteiger partial charge in [0.15, 0.2) is 11.5 Å². The van der Waals surface area contributed by atoms with Crippen molar-refractivity contribution in [2.45, 2.75) is 43.8 Å². The monoisotopic (exact) mass is 569 g/mol. The minimum atomic E-state index is -4.93. The largest absolute Gasteiger partial charge is 0.481 e. The lowest BCUT2D eigenvalue weighted by Gasteiger charge is -2.33. The zero-order valence-electron chi connectivity index (χ0n) is 21.0. The van der Waals surface area contributed by atoms with Crippen molar-refractivity contribution in [2.24, 2.45) is 0 Å². The van der Waals surface area contributed by atoms with Crippen molar-refractivity contribution in [1.82, 2.24) is 25.0 Å². The van der Waals surface area contributed by atoms with Crippen LogP contribution in [0.25, 0.3) is 17.1 Å². The molecule has 0 radical (unpaired) electrons. The van der Waals surface area contributed by atoms with Gasteiger partial charge in [0, 0.05) is 30.8 Å². The van der Waals surface area contributed by atoms with E-state index < -0.39 is 71.3 Å². The van der Waals surface area contributed by atoms with E-state index >= 15 is 0 Å². The van der Waals surface area contributed by atoms with Crippen molar-refractivity contribution in [3.63, 3.8) is 0 Å². The average molecular weight is 570 g/mol. The number of alkyl halides is 5. The molecule has 1 aromatic carbocycles. The molecule has 3 aromatic rings. The second-order valence-corrected chi connectivity index (χ2v) is 9.47. The third kappa shape index (κ3) is 6.97. The smallest absolute Gasteiger partial charge is 0.417 e. The van der Waals surface area contributed by atoms with Crippen molar-refractivity contribution in [2.75, 3.05) is 19.6 Å². The lowest BCUT2D eigenvalue weighted by Crippen LogP contribution is -2.45. The van der Waals surface area contributed by atoms with Crippen LogP contribution in [0.3, 0.4) is 0 Å². The molecule has 1 unspecified atom stereocenters. The van der Waals surface area contributed by atoms with Gasteiger partial charge in [0.2, 0.25) is 0 Å². The molecule has 0 spiro atoms. The Hall–Kier alpha value is -3.94. The molecule has 0 aliphatic carbocycles. The summed E-state index contributed by atoms with van der Waals surface area (Å²) in [6.07, 6.45) is -4.08. The molecular weight excluding hydrogens is 544 g/mol. The van der Waals surface area contributed by atoms with Crippen molar-refractivity contribution >= 4 is 11.9 Å². The Morgan fingerprint density at radius 2 is 1.93 bits per heavy atom. The van der Waals surface area contributed by atoms with Gasteiger partial charge in [-0.1, -0.05) is 12.1 Å². The number of likely N-dealkylation sites (tertiary alicyclic amines) is 1. The van der Waals surface area contributed by atoms with Gasteiger partial charge in [-0.15, -0.1) is 0 Å². The lowest BCUT2D eigenvalue weighted by atomic mass is 10.0. The number of carboxylic acid groups (broad SMARTS) is 1. The lowest BCUT2D eigenvalue weighted by molar-refractivity contribution is -0.138. The summed E-state index contributed by atoms with van der Waals surface area (Å²) in [6.45, 7) is -0.000280. The Morgan fingerprint density at radius 3 is 2.58 bits per heavy atom. The molecule has 1 amide bonds. The van der Waals surface area contributed by atoms with Gasteiger partial charge in [-0.3, -0.25) is 14.5 Å². The second-order valence-electron chi connectivity index (χ2n) is 9.47. The maximum absolute atomic E-state index is 14.9. The van der Waals surface area contributed by atoms with Crippen LogP contribution in [0.5, 0.6) is 0 Å². The summed E-state index contributed by atoms with van der Waals surface area (Å²) >= 11 is 0. The summed E-state index contributed by atoms with van der Waals surface area (Å²) < 4.78 is 84.7. The standard InChI is InChI=1S/C26H25F6N5O3/c27-18-6-3-5-17(26(30,31)32)23(18)20-14-19(35-37(20)21-7-1-2-10-33-21)24(40)34-16(13-22(38)39)8-12-36-11-4-9-25(28,29)15-36/h1-3,5-7,10,14,16H,4,8-9,11-13,15H2,(H,34,40)(H,38,39). The summed E-state index contributed by atoms with van der Waals surface area (Å²) in [7, 11) is 0. The third-order valence-electron chi connectivity index (χ3n) is 6.41. The normalized spacial score (nSPS) is 16.4. The van der Waals surface area contributed by atoms with E-state index in [1.54, 1.807) is 6.07 Å². The fraction of sp³-hybridized carbons (Fsp3) is 0.385. The zero-order valence-corrected chi connectivity index (χ0v) is 21.0. The number of hydrogen-bond donors (Lipinski definition) is 2. The number of pyridine rings is 1. The maximum atomic E-state index is 14.9. The van der Waals surface area contributed by atoms with E-state index in [4.69, 9.17) is 0 Å². The minimum Gasteiger partial charge on any atom is -0.481 e. The van der Waals surface area contributed by atoms with E-state index in [2.05, 4.69) is 15.4 Å². The SMILES string of the molecule is O=C(O)CC(CCN1CCCC(F)(F)C1)NC(=O)c1cc(-c2c(F)cccc2C(F)(F)F)n(-c2ccccn2)n1. The fourth-order valence-corrected chi connectivity index (χ4v) is 4.62. The van der Waals surface area contributed by atoms with Gasteiger partial charge in [0.1, 0.15) is 5.82 Å². The van der Waals surface area contributed by atoms with E-state index in [0.717, 1.165) is 22.9 Å². The van der Waals surface area contributed by atoms with Crippen molar-refractivity contribution < 1.29 is 41.0 Å². The first-order chi connectivity index (χ1) is 18.8. The van der Waals surface area contributed by atoms with Crippen molar-refractivity contribution in [3.8, 4) is 17.1 Å². The molecule has 1 aliphatic heterocycles. The van der Waals surface area contributed by atoms with Crippen LogP contribution in [-0.4, -0.2) is 68.2 Å². The first-order valence-electron chi connectivity index (χ1n) is 12.3. The number of nitrogens with one attached hydrogen (secondary N) is 1. The number of piperidine rings is 1. The van der Waals surface area contributed by atoms with Gasteiger partial charge in [0.25, 0.3) is 11.8 Å². The van der Waals surface area contributed by atoms with Crippen LogP contribution >= 0.6 is 0 Å². The predicted molar refractivity (Wildman–Crippen MR) is 130 cm³/mol. The Morgan fingerprint density at radius 1 is 1.15 bits per heavy atom. The van der Waals surface area contributed by atoms with Crippen LogP contribution in [0.1, 0.15) is 41.7 Å². The highest BCUT2D eigenvalue weighted by Crippen LogP contribution is 2.39. The summed E-state index contributed by atoms with van der Waals surface area (Å²) in [5.41, 5.74) is -2.96. The summed E-state index contributed by atoms with van der Waals surface area (Å²) in [5, 5.41) is 15.9. The van der Waals surface area contributed by atoms with Gasteiger partial charge < -0.3 is 10.4 Å². The van der Waals surface area contributed by atoms with Crippen LogP contribution in [0.4, 0.5) is 26.3 Å². The van der Waals surface area contributed by atoms with Crippen molar-refractivity contribution in [3.05, 3.63) is 65.7 Å². The molecule has 0 saturated carbocycles. The third-order valence-corrected chi connectivity index (χ3v) is 6.41. The maximum Gasteiger partial charge on any atom is 0.417 e. The number of hydrogen-bond acceptors (Lipinski definition) is 5. The Bertz CT molecular complexity index is 1360. The minimum absolute atomic E-state index is 0.000963. The Balaban J connectivity index is 1.65. The number of carbonyl (C=O) groups excluding carboxylic acids is 1. The molecule has 4 rings (SSSR count). The second kappa shape index (κ2) is 11.7. The number of amides is 1. The molecule has 1 atom stereocenters. The highest BCUT2D eigenvalue weighted by Gasteiger charge is 2.37. The van der Waals surface area contributed by atoms with Crippen LogP contribution in [0.15, 0.2) is 48.7 Å². The van der Waals surface area contributed by atoms with Crippen LogP contribution in [-0.2, 0) is 11.0 Å². The number of benzene rings is 1. The highest BCUT2D eigenvalue weighted by molar-refractivity contribution is 5.94. The molecular formula is C26H25F6N5O3.